The molecule has 1 aromatic carbocycles. The Morgan fingerprint density at radius 2 is 1.50 bits per heavy atom. The van der Waals surface area contributed by atoms with Gasteiger partial charge in [-0.15, -0.1) is 0 Å². The van der Waals surface area contributed by atoms with Crippen molar-refractivity contribution in [2.75, 3.05) is 5.32 Å². The molecule has 1 N–H and O–H groups in total. The smallest absolute Gasteiger partial charge is 0.115 e. The van der Waals surface area contributed by atoms with Crippen LogP contribution in [0.5, 0.6) is 0 Å². The molecule has 130 valence electrons. The number of fused-ring (bicyclic) bond motifs is 1. The number of hydrogen-bond donors (Lipinski definition) is 1. The number of furan rings is 1. The molecule has 2 heteroatoms. The van der Waals surface area contributed by atoms with Gasteiger partial charge in [0.25, 0.3) is 0 Å². The molecule has 0 unspecified atom stereocenters. The number of anilines is 2. The monoisotopic (exact) mass is 325 g/mol. The van der Waals surface area contributed by atoms with Crippen LogP contribution >= 0.6 is 0 Å². The van der Waals surface area contributed by atoms with Crippen molar-refractivity contribution in [3.05, 3.63) is 47.4 Å². The van der Waals surface area contributed by atoms with Gasteiger partial charge < -0.3 is 9.73 Å². The van der Waals surface area contributed by atoms with E-state index in [0.717, 1.165) is 17.1 Å². The maximum Gasteiger partial charge on any atom is 0.115 e. The molecule has 1 aliphatic rings. The first-order valence-electron chi connectivity index (χ1n) is 9.01. The minimum absolute atomic E-state index is 0.112. The van der Waals surface area contributed by atoms with Crippen molar-refractivity contribution in [3.63, 3.8) is 0 Å². The zero-order valence-corrected chi connectivity index (χ0v) is 16.2. The normalized spacial score (nSPS) is 19.0. The fourth-order valence-electron chi connectivity index (χ4n) is 3.69. The average molecular weight is 325 g/mol. The van der Waals surface area contributed by atoms with Crippen molar-refractivity contribution < 1.29 is 4.42 Å². The number of hydrogen-bond acceptors (Lipinski definition) is 2. The molecule has 0 spiro atoms. The van der Waals surface area contributed by atoms with Crippen LogP contribution in [-0.2, 0) is 16.2 Å². The third-order valence-corrected chi connectivity index (χ3v) is 5.49. The molecule has 0 fully saturated rings. The molecule has 24 heavy (non-hydrogen) atoms. The summed E-state index contributed by atoms with van der Waals surface area (Å²) in [4.78, 5) is 0. The molecule has 0 radical (unpaired) electrons. The first-order chi connectivity index (χ1) is 11.0. The Hall–Kier alpha value is -1.70. The molecule has 1 heterocycles. The molecule has 2 aromatic rings. The van der Waals surface area contributed by atoms with Gasteiger partial charge in [-0.2, -0.15) is 0 Å². The number of rotatable bonds is 2. The van der Waals surface area contributed by atoms with Crippen LogP contribution in [0, 0.1) is 0 Å². The molecule has 0 bridgehead atoms. The number of nitrogens with one attached hydrogen (secondary N) is 1. The van der Waals surface area contributed by atoms with E-state index in [0.29, 0.717) is 0 Å². The fourth-order valence-corrected chi connectivity index (χ4v) is 3.69. The Kier molecular flexibility index (Phi) is 3.86. The zero-order chi connectivity index (χ0) is 17.8. The Balaban J connectivity index is 1.94. The van der Waals surface area contributed by atoms with Crippen LogP contribution in [0.4, 0.5) is 11.4 Å². The van der Waals surface area contributed by atoms with Gasteiger partial charge in [-0.05, 0) is 41.4 Å². The molecule has 2 nitrogen and oxygen atoms in total. The van der Waals surface area contributed by atoms with Crippen LogP contribution in [0.2, 0.25) is 0 Å². The molecule has 0 amide bonds. The van der Waals surface area contributed by atoms with Crippen molar-refractivity contribution in [3.8, 4) is 0 Å². The van der Waals surface area contributed by atoms with Gasteiger partial charge in [-0.1, -0.05) is 60.6 Å². The molecular formula is C22H31NO. The summed E-state index contributed by atoms with van der Waals surface area (Å²) in [6.45, 7) is 15.9. The molecule has 0 saturated carbocycles. The summed E-state index contributed by atoms with van der Waals surface area (Å²) in [6, 6.07) is 8.76. The van der Waals surface area contributed by atoms with Crippen LogP contribution < -0.4 is 5.32 Å². The van der Waals surface area contributed by atoms with E-state index in [9.17, 15) is 0 Å². The highest BCUT2D eigenvalue weighted by Gasteiger charge is 2.41. The Bertz CT molecular complexity index is 726. The van der Waals surface area contributed by atoms with E-state index in [1.165, 1.54) is 24.0 Å². The molecule has 1 aromatic heterocycles. The van der Waals surface area contributed by atoms with Crippen LogP contribution in [0.15, 0.2) is 34.9 Å². The molecule has 0 aliphatic heterocycles. The standard InChI is InChI=1S/C22H31NO/c1-20(2,3)15-8-10-16(11-9-15)23-17-14-24-19-18(17)21(4,5)12-13-22(19,6)7/h8-11,14,23H,12-13H2,1-7H3. The molecule has 0 atom stereocenters. The predicted molar refractivity (Wildman–Crippen MR) is 102 cm³/mol. The van der Waals surface area contributed by atoms with Crippen molar-refractivity contribution in [2.24, 2.45) is 0 Å². The van der Waals surface area contributed by atoms with E-state index in [2.05, 4.69) is 78.0 Å². The third kappa shape index (κ3) is 2.99. The van der Waals surface area contributed by atoms with Crippen molar-refractivity contribution in [2.45, 2.75) is 77.6 Å². The summed E-state index contributed by atoms with van der Waals surface area (Å²) >= 11 is 0. The van der Waals surface area contributed by atoms with E-state index in [4.69, 9.17) is 4.42 Å². The SMILES string of the molecule is CC(C)(C)c1ccc(Nc2coc3c2C(C)(C)CCC3(C)C)cc1. The van der Waals surface area contributed by atoms with Crippen molar-refractivity contribution in [1.29, 1.82) is 0 Å². The van der Waals surface area contributed by atoms with Crippen LogP contribution in [0.25, 0.3) is 0 Å². The highest BCUT2D eigenvalue weighted by atomic mass is 16.3. The summed E-state index contributed by atoms with van der Waals surface area (Å²) in [7, 11) is 0. The largest absolute Gasteiger partial charge is 0.466 e. The first-order valence-corrected chi connectivity index (χ1v) is 9.01. The molecular weight excluding hydrogens is 294 g/mol. The van der Waals surface area contributed by atoms with Crippen LogP contribution in [0.3, 0.4) is 0 Å². The maximum absolute atomic E-state index is 6.03. The molecule has 3 rings (SSSR count). The summed E-state index contributed by atoms with van der Waals surface area (Å²) in [6.07, 6.45) is 4.25. The minimum atomic E-state index is 0.112. The Morgan fingerprint density at radius 3 is 2.08 bits per heavy atom. The summed E-state index contributed by atoms with van der Waals surface area (Å²) < 4.78 is 6.03. The highest BCUT2D eigenvalue weighted by molar-refractivity contribution is 5.66. The summed E-state index contributed by atoms with van der Waals surface area (Å²) in [5, 5.41) is 3.59. The van der Waals surface area contributed by atoms with Crippen LogP contribution in [-0.4, -0.2) is 0 Å². The predicted octanol–water partition coefficient (Wildman–Crippen LogP) is 6.67. The lowest BCUT2D eigenvalue weighted by Gasteiger charge is -2.38. The van der Waals surface area contributed by atoms with Crippen molar-refractivity contribution >= 4 is 11.4 Å². The maximum atomic E-state index is 6.03. The van der Waals surface area contributed by atoms with E-state index >= 15 is 0 Å². The van der Waals surface area contributed by atoms with Gasteiger partial charge in [0, 0.05) is 16.7 Å². The first kappa shape index (κ1) is 17.1. The van der Waals surface area contributed by atoms with Crippen molar-refractivity contribution in [1.82, 2.24) is 0 Å². The summed E-state index contributed by atoms with van der Waals surface area (Å²) in [5.41, 5.74) is 5.37. The van der Waals surface area contributed by atoms with Gasteiger partial charge in [-0.3, -0.25) is 0 Å². The summed E-state index contributed by atoms with van der Waals surface area (Å²) in [5.74, 6) is 1.15. The molecule has 0 saturated heterocycles. The van der Waals surface area contributed by atoms with E-state index in [1.54, 1.807) is 0 Å². The number of benzene rings is 1. The Labute approximate surface area is 146 Å². The minimum Gasteiger partial charge on any atom is -0.466 e. The molecule has 1 aliphatic carbocycles. The lowest BCUT2D eigenvalue weighted by molar-refractivity contribution is 0.278. The van der Waals surface area contributed by atoms with Crippen LogP contribution in [0.1, 0.15) is 78.2 Å². The second-order valence-corrected chi connectivity index (χ2v) is 9.57. The van der Waals surface area contributed by atoms with E-state index in [1.807, 2.05) is 6.26 Å². The lowest BCUT2D eigenvalue weighted by atomic mass is 9.66. The van der Waals surface area contributed by atoms with Gasteiger partial charge >= 0.3 is 0 Å². The van der Waals surface area contributed by atoms with E-state index < -0.39 is 0 Å². The van der Waals surface area contributed by atoms with E-state index in [-0.39, 0.29) is 16.2 Å². The van der Waals surface area contributed by atoms with Gasteiger partial charge in [0.15, 0.2) is 0 Å². The highest BCUT2D eigenvalue weighted by Crippen LogP contribution is 2.50. The zero-order valence-electron chi connectivity index (χ0n) is 16.2. The Morgan fingerprint density at radius 1 is 0.917 bits per heavy atom. The van der Waals surface area contributed by atoms with Gasteiger partial charge in [0.1, 0.15) is 12.0 Å². The second-order valence-electron chi connectivity index (χ2n) is 9.57. The quantitative estimate of drug-likeness (QED) is 0.667. The van der Waals surface area contributed by atoms with Gasteiger partial charge in [-0.25, -0.2) is 0 Å². The second kappa shape index (κ2) is 5.40. The lowest BCUT2D eigenvalue weighted by Crippen LogP contribution is -2.33. The topological polar surface area (TPSA) is 25.2 Å². The van der Waals surface area contributed by atoms with Gasteiger partial charge in [0.05, 0.1) is 5.69 Å². The van der Waals surface area contributed by atoms with Gasteiger partial charge in [0.2, 0.25) is 0 Å². The fraction of sp³-hybridized carbons (Fsp3) is 0.545. The average Bonchev–Trinajstić information content (AvgIpc) is 2.90. The third-order valence-electron chi connectivity index (χ3n) is 5.49.